The number of rotatable bonds is 1. The molecule has 0 aliphatic carbocycles. The number of allylic oxidation sites excluding steroid dienone is 1. The molecule has 0 saturated carbocycles. The minimum atomic E-state index is 0.660. The van der Waals surface area contributed by atoms with Gasteiger partial charge in [-0.15, -0.1) is 0 Å². The molecule has 0 aliphatic heterocycles. The van der Waals surface area contributed by atoms with Gasteiger partial charge in [-0.3, -0.25) is 0 Å². The molecule has 0 unspecified atom stereocenters. The number of hydrogen-bond acceptors (Lipinski definition) is 1. The summed E-state index contributed by atoms with van der Waals surface area (Å²) in [5, 5.41) is 0.660. The van der Waals surface area contributed by atoms with Crippen LogP contribution in [0.3, 0.4) is 0 Å². The van der Waals surface area contributed by atoms with Crippen LogP contribution < -0.4 is 0 Å². The minimum absolute atomic E-state index is 0.660. The molecule has 54 valence electrons. The van der Waals surface area contributed by atoms with Gasteiger partial charge in [0, 0.05) is 7.05 Å². The molecule has 10 heavy (non-hydrogen) atoms. The first kappa shape index (κ1) is 7.35. The lowest BCUT2D eigenvalue weighted by Crippen LogP contribution is -1.90. The predicted octanol–water partition coefficient (Wildman–Crippen LogP) is 2.11. The molecular formula is C7H9ClN2. The van der Waals surface area contributed by atoms with Crippen molar-refractivity contribution in [2.24, 2.45) is 7.05 Å². The highest BCUT2D eigenvalue weighted by Crippen LogP contribution is 2.09. The van der Waals surface area contributed by atoms with E-state index in [0.717, 1.165) is 5.82 Å². The Labute approximate surface area is 65.1 Å². The summed E-state index contributed by atoms with van der Waals surface area (Å²) in [7, 11) is 1.88. The standard InChI is InChI=1S/C7H9ClN2/c1-3-4-7-9-5-6(8)10(7)2/h3-5H,1-2H3. The summed E-state index contributed by atoms with van der Waals surface area (Å²) < 4.78 is 1.82. The second kappa shape index (κ2) is 2.88. The van der Waals surface area contributed by atoms with Crippen LogP contribution in [0.5, 0.6) is 0 Å². The number of halogens is 1. The van der Waals surface area contributed by atoms with E-state index in [1.165, 1.54) is 0 Å². The quantitative estimate of drug-likeness (QED) is 0.609. The molecule has 0 aliphatic rings. The van der Waals surface area contributed by atoms with Crippen molar-refractivity contribution in [2.45, 2.75) is 6.92 Å². The highest BCUT2D eigenvalue weighted by Gasteiger charge is 1.97. The Hall–Kier alpha value is -0.760. The van der Waals surface area contributed by atoms with E-state index in [-0.39, 0.29) is 0 Å². The Balaban J connectivity index is 3.05. The molecule has 1 aromatic rings. The molecule has 0 saturated heterocycles. The van der Waals surface area contributed by atoms with Crippen LogP contribution in [0.2, 0.25) is 5.15 Å². The number of imidazole rings is 1. The molecule has 0 spiro atoms. The second-order valence-electron chi connectivity index (χ2n) is 2.00. The van der Waals surface area contributed by atoms with Crippen LogP contribution in [0.15, 0.2) is 12.3 Å². The Morgan fingerprint density at radius 2 is 2.40 bits per heavy atom. The van der Waals surface area contributed by atoms with Crippen molar-refractivity contribution >= 4 is 17.7 Å². The number of aromatic nitrogens is 2. The van der Waals surface area contributed by atoms with E-state index in [0.29, 0.717) is 5.15 Å². The van der Waals surface area contributed by atoms with Crippen molar-refractivity contribution in [3.8, 4) is 0 Å². The first-order valence-corrected chi connectivity index (χ1v) is 3.43. The summed E-state index contributed by atoms with van der Waals surface area (Å²) in [6, 6.07) is 0. The summed E-state index contributed by atoms with van der Waals surface area (Å²) in [4.78, 5) is 4.05. The van der Waals surface area contributed by atoms with E-state index < -0.39 is 0 Å². The van der Waals surface area contributed by atoms with Gasteiger partial charge in [0.1, 0.15) is 11.0 Å². The van der Waals surface area contributed by atoms with Gasteiger partial charge < -0.3 is 4.57 Å². The van der Waals surface area contributed by atoms with Crippen molar-refractivity contribution in [2.75, 3.05) is 0 Å². The maximum Gasteiger partial charge on any atom is 0.133 e. The van der Waals surface area contributed by atoms with Crippen LogP contribution in [0, 0.1) is 0 Å². The van der Waals surface area contributed by atoms with Gasteiger partial charge in [0.05, 0.1) is 6.20 Å². The summed E-state index contributed by atoms with van der Waals surface area (Å²) in [6.07, 6.45) is 5.47. The van der Waals surface area contributed by atoms with Gasteiger partial charge in [0.25, 0.3) is 0 Å². The molecule has 0 atom stereocenters. The Morgan fingerprint density at radius 1 is 1.70 bits per heavy atom. The third-order valence-corrected chi connectivity index (χ3v) is 1.63. The zero-order valence-corrected chi connectivity index (χ0v) is 6.76. The van der Waals surface area contributed by atoms with E-state index in [4.69, 9.17) is 11.6 Å². The van der Waals surface area contributed by atoms with Gasteiger partial charge in [-0.2, -0.15) is 0 Å². The Kier molecular flexibility index (Phi) is 2.12. The van der Waals surface area contributed by atoms with Crippen LogP contribution in [-0.4, -0.2) is 9.55 Å². The van der Waals surface area contributed by atoms with Gasteiger partial charge in [0.15, 0.2) is 0 Å². The molecule has 1 rings (SSSR count). The van der Waals surface area contributed by atoms with Crippen molar-refractivity contribution in [3.05, 3.63) is 23.3 Å². The fourth-order valence-corrected chi connectivity index (χ4v) is 0.841. The van der Waals surface area contributed by atoms with Crippen molar-refractivity contribution in [3.63, 3.8) is 0 Å². The summed E-state index contributed by atoms with van der Waals surface area (Å²) >= 11 is 5.73. The monoisotopic (exact) mass is 156 g/mol. The first-order chi connectivity index (χ1) is 4.75. The Morgan fingerprint density at radius 3 is 2.80 bits per heavy atom. The van der Waals surface area contributed by atoms with E-state index >= 15 is 0 Å². The molecule has 2 nitrogen and oxygen atoms in total. The second-order valence-corrected chi connectivity index (χ2v) is 2.39. The maximum absolute atomic E-state index is 5.73. The number of hydrogen-bond donors (Lipinski definition) is 0. The predicted molar refractivity (Wildman–Crippen MR) is 42.9 cm³/mol. The van der Waals surface area contributed by atoms with E-state index in [9.17, 15) is 0 Å². The topological polar surface area (TPSA) is 17.8 Å². The first-order valence-electron chi connectivity index (χ1n) is 3.05. The summed E-state index contributed by atoms with van der Waals surface area (Å²) in [5.41, 5.74) is 0. The summed E-state index contributed by atoms with van der Waals surface area (Å²) in [5.74, 6) is 0.882. The summed E-state index contributed by atoms with van der Waals surface area (Å²) in [6.45, 7) is 1.95. The SMILES string of the molecule is CC=Cc1ncc(Cl)n1C. The number of nitrogens with zero attached hydrogens (tertiary/aromatic N) is 2. The maximum atomic E-state index is 5.73. The van der Waals surface area contributed by atoms with E-state index in [2.05, 4.69) is 4.98 Å². The highest BCUT2D eigenvalue weighted by atomic mass is 35.5. The third kappa shape index (κ3) is 1.21. The van der Waals surface area contributed by atoms with Crippen LogP contribution in [0.25, 0.3) is 6.08 Å². The molecule has 0 aromatic carbocycles. The molecule has 3 heteroatoms. The lowest BCUT2D eigenvalue weighted by atomic mass is 10.5. The molecule has 0 fully saturated rings. The minimum Gasteiger partial charge on any atom is -0.319 e. The van der Waals surface area contributed by atoms with Gasteiger partial charge in [-0.05, 0) is 13.0 Å². The molecule has 1 aromatic heterocycles. The average Bonchev–Trinajstić information content (AvgIpc) is 2.20. The van der Waals surface area contributed by atoms with Crippen molar-refractivity contribution in [1.29, 1.82) is 0 Å². The molecule has 0 N–H and O–H groups in total. The molecule has 1 heterocycles. The zero-order valence-electron chi connectivity index (χ0n) is 6.00. The smallest absolute Gasteiger partial charge is 0.133 e. The van der Waals surface area contributed by atoms with Crippen LogP contribution >= 0.6 is 11.6 Å². The lowest BCUT2D eigenvalue weighted by Gasteiger charge is -1.93. The largest absolute Gasteiger partial charge is 0.319 e. The van der Waals surface area contributed by atoms with Gasteiger partial charge in [0.2, 0.25) is 0 Å². The van der Waals surface area contributed by atoms with Crippen LogP contribution in [0.1, 0.15) is 12.7 Å². The molecule has 0 radical (unpaired) electrons. The van der Waals surface area contributed by atoms with Crippen LogP contribution in [0.4, 0.5) is 0 Å². The third-order valence-electron chi connectivity index (χ3n) is 1.28. The molecule has 0 bridgehead atoms. The van der Waals surface area contributed by atoms with Crippen molar-refractivity contribution in [1.82, 2.24) is 9.55 Å². The fourth-order valence-electron chi connectivity index (χ4n) is 0.706. The van der Waals surface area contributed by atoms with Crippen LogP contribution in [-0.2, 0) is 7.05 Å². The molecular weight excluding hydrogens is 148 g/mol. The highest BCUT2D eigenvalue weighted by molar-refractivity contribution is 6.29. The van der Waals surface area contributed by atoms with Gasteiger partial charge in [-0.1, -0.05) is 17.7 Å². The van der Waals surface area contributed by atoms with E-state index in [1.807, 2.05) is 30.7 Å². The fraction of sp³-hybridized carbons (Fsp3) is 0.286. The Bertz CT molecular complexity index is 250. The molecule has 0 amide bonds. The lowest BCUT2D eigenvalue weighted by molar-refractivity contribution is 0.898. The van der Waals surface area contributed by atoms with Gasteiger partial charge in [-0.25, -0.2) is 4.98 Å². The van der Waals surface area contributed by atoms with Gasteiger partial charge >= 0.3 is 0 Å². The van der Waals surface area contributed by atoms with Crippen molar-refractivity contribution < 1.29 is 0 Å². The van der Waals surface area contributed by atoms with E-state index in [1.54, 1.807) is 6.20 Å². The zero-order chi connectivity index (χ0) is 7.56. The average molecular weight is 157 g/mol. The normalized spacial score (nSPS) is 11.1.